The molecule has 2 rings (SSSR count). The van der Waals surface area contributed by atoms with Crippen LogP contribution in [-0.2, 0) is 0 Å². The van der Waals surface area contributed by atoms with E-state index in [1.54, 1.807) is 18.2 Å². The first-order valence-corrected chi connectivity index (χ1v) is 6.21. The maximum atomic E-state index is 11.3. The summed E-state index contributed by atoms with van der Waals surface area (Å²) in [7, 11) is 2.12. The number of amides is 1. The van der Waals surface area contributed by atoms with Crippen LogP contribution in [0.1, 0.15) is 23.2 Å². The van der Waals surface area contributed by atoms with E-state index in [4.69, 9.17) is 11.5 Å². The van der Waals surface area contributed by atoms with Crippen molar-refractivity contribution >= 4 is 17.3 Å². The summed E-state index contributed by atoms with van der Waals surface area (Å²) >= 11 is 0. The molecule has 18 heavy (non-hydrogen) atoms. The van der Waals surface area contributed by atoms with Crippen LogP contribution in [-0.4, -0.2) is 37.0 Å². The Hall–Kier alpha value is -1.75. The SMILES string of the molecule is CN(CCNc1cc(N)ccc1C(N)=O)C1CC1. The summed E-state index contributed by atoms with van der Waals surface area (Å²) in [5, 5.41) is 3.23. The van der Waals surface area contributed by atoms with Crippen molar-refractivity contribution in [3.05, 3.63) is 23.8 Å². The number of nitrogen functional groups attached to an aromatic ring is 1. The molecule has 5 nitrogen and oxygen atoms in total. The van der Waals surface area contributed by atoms with E-state index < -0.39 is 5.91 Å². The molecule has 5 N–H and O–H groups in total. The first-order chi connectivity index (χ1) is 8.58. The highest BCUT2D eigenvalue weighted by atomic mass is 16.1. The van der Waals surface area contributed by atoms with Gasteiger partial charge in [-0.15, -0.1) is 0 Å². The highest BCUT2D eigenvalue weighted by Gasteiger charge is 2.25. The minimum Gasteiger partial charge on any atom is -0.399 e. The fourth-order valence-corrected chi connectivity index (χ4v) is 1.99. The van der Waals surface area contributed by atoms with Crippen LogP contribution in [0.2, 0.25) is 0 Å². The lowest BCUT2D eigenvalue weighted by molar-refractivity contribution is 0.100. The number of hydrogen-bond acceptors (Lipinski definition) is 4. The summed E-state index contributed by atoms with van der Waals surface area (Å²) in [6, 6.07) is 5.83. The minimum absolute atomic E-state index is 0.437. The Balaban J connectivity index is 1.94. The fourth-order valence-electron chi connectivity index (χ4n) is 1.99. The number of hydrogen-bond donors (Lipinski definition) is 3. The largest absolute Gasteiger partial charge is 0.399 e. The Morgan fingerprint density at radius 1 is 1.50 bits per heavy atom. The van der Waals surface area contributed by atoms with Gasteiger partial charge in [-0.1, -0.05) is 0 Å². The van der Waals surface area contributed by atoms with Crippen molar-refractivity contribution in [2.45, 2.75) is 18.9 Å². The zero-order chi connectivity index (χ0) is 13.1. The summed E-state index contributed by atoms with van der Waals surface area (Å²) in [6.45, 7) is 1.72. The zero-order valence-electron chi connectivity index (χ0n) is 10.6. The van der Waals surface area contributed by atoms with E-state index in [9.17, 15) is 4.79 Å². The van der Waals surface area contributed by atoms with Gasteiger partial charge in [-0.25, -0.2) is 0 Å². The Kier molecular flexibility index (Phi) is 3.72. The summed E-state index contributed by atoms with van der Waals surface area (Å²) < 4.78 is 0. The van der Waals surface area contributed by atoms with E-state index in [2.05, 4.69) is 17.3 Å². The Labute approximate surface area is 107 Å². The molecule has 5 heteroatoms. The molecule has 1 fully saturated rings. The Morgan fingerprint density at radius 3 is 2.83 bits per heavy atom. The molecule has 0 aliphatic heterocycles. The monoisotopic (exact) mass is 248 g/mol. The molecule has 0 unspecified atom stereocenters. The van der Waals surface area contributed by atoms with Crippen molar-refractivity contribution < 1.29 is 4.79 Å². The topological polar surface area (TPSA) is 84.4 Å². The number of carbonyl (C=O) groups is 1. The molecule has 1 aromatic rings. The molecule has 1 aliphatic carbocycles. The lowest BCUT2D eigenvalue weighted by atomic mass is 10.1. The van der Waals surface area contributed by atoms with Gasteiger partial charge in [-0.2, -0.15) is 0 Å². The van der Waals surface area contributed by atoms with Crippen LogP contribution in [0.4, 0.5) is 11.4 Å². The van der Waals surface area contributed by atoms with Crippen LogP contribution < -0.4 is 16.8 Å². The minimum atomic E-state index is -0.437. The van der Waals surface area contributed by atoms with Gasteiger partial charge >= 0.3 is 0 Å². The maximum Gasteiger partial charge on any atom is 0.250 e. The third kappa shape index (κ3) is 3.13. The second-order valence-electron chi connectivity index (χ2n) is 4.81. The molecular weight excluding hydrogens is 228 g/mol. The molecule has 0 atom stereocenters. The molecule has 0 heterocycles. The summed E-state index contributed by atoms with van der Waals surface area (Å²) in [4.78, 5) is 13.6. The van der Waals surface area contributed by atoms with E-state index in [1.807, 2.05) is 0 Å². The standard InChI is InChI=1S/C13H20N4O/c1-17(10-3-4-10)7-6-16-12-8-9(14)2-5-11(12)13(15)18/h2,5,8,10,16H,3-4,6-7,14H2,1H3,(H2,15,18). The van der Waals surface area contributed by atoms with Crippen LogP contribution in [0.15, 0.2) is 18.2 Å². The first-order valence-electron chi connectivity index (χ1n) is 6.21. The summed E-state index contributed by atoms with van der Waals surface area (Å²) in [6.07, 6.45) is 2.59. The van der Waals surface area contributed by atoms with Crippen LogP contribution >= 0.6 is 0 Å². The summed E-state index contributed by atoms with van der Waals surface area (Å²) in [5.74, 6) is -0.437. The van der Waals surface area contributed by atoms with Gasteiger partial charge in [0.05, 0.1) is 5.56 Å². The number of nitrogens with zero attached hydrogens (tertiary/aromatic N) is 1. The number of carbonyl (C=O) groups excluding carboxylic acids is 1. The van der Waals surface area contributed by atoms with Gasteiger partial charge in [0.2, 0.25) is 0 Å². The quantitative estimate of drug-likeness (QED) is 0.652. The normalized spacial score (nSPS) is 14.8. The van der Waals surface area contributed by atoms with Crippen molar-refractivity contribution in [1.29, 1.82) is 0 Å². The number of nitrogens with two attached hydrogens (primary N) is 2. The second kappa shape index (κ2) is 5.27. The average Bonchev–Trinajstić information content (AvgIpc) is 3.12. The Morgan fingerprint density at radius 2 is 2.22 bits per heavy atom. The van der Waals surface area contributed by atoms with Crippen LogP contribution in [0, 0.1) is 0 Å². The lowest BCUT2D eigenvalue weighted by Gasteiger charge is -2.17. The molecule has 0 spiro atoms. The smallest absolute Gasteiger partial charge is 0.250 e. The number of likely N-dealkylation sites (N-methyl/N-ethyl adjacent to an activating group) is 1. The molecule has 1 aliphatic rings. The predicted octanol–water partition coefficient (Wildman–Crippen LogP) is 0.874. The molecular formula is C13H20N4O. The molecule has 0 saturated heterocycles. The van der Waals surface area contributed by atoms with E-state index >= 15 is 0 Å². The number of anilines is 2. The van der Waals surface area contributed by atoms with E-state index in [0.717, 1.165) is 19.1 Å². The van der Waals surface area contributed by atoms with Gasteiger partial charge in [0.25, 0.3) is 5.91 Å². The van der Waals surface area contributed by atoms with Crippen molar-refractivity contribution in [3.63, 3.8) is 0 Å². The molecule has 0 radical (unpaired) electrons. The van der Waals surface area contributed by atoms with Crippen molar-refractivity contribution in [2.75, 3.05) is 31.2 Å². The Bertz CT molecular complexity index is 443. The molecule has 0 bridgehead atoms. The average molecular weight is 248 g/mol. The second-order valence-corrected chi connectivity index (χ2v) is 4.81. The van der Waals surface area contributed by atoms with Gasteiger partial charge in [0.1, 0.15) is 0 Å². The van der Waals surface area contributed by atoms with Crippen LogP contribution in [0.25, 0.3) is 0 Å². The predicted molar refractivity (Wildman–Crippen MR) is 73.5 cm³/mol. The van der Waals surface area contributed by atoms with Crippen LogP contribution in [0.3, 0.4) is 0 Å². The van der Waals surface area contributed by atoms with E-state index in [1.165, 1.54) is 12.8 Å². The zero-order valence-corrected chi connectivity index (χ0v) is 10.6. The van der Waals surface area contributed by atoms with Crippen molar-refractivity contribution in [2.24, 2.45) is 5.73 Å². The molecule has 0 aromatic heterocycles. The van der Waals surface area contributed by atoms with Gasteiger partial charge in [0.15, 0.2) is 0 Å². The van der Waals surface area contributed by atoms with Crippen molar-refractivity contribution in [3.8, 4) is 0 Å². The molecule has 1 aromatic carbocycles. The number of nitrogens with one attached hydrogen (secondary N) is 1. The fraction of sp³-hybridized carbons (Fsp3) is 0.462. The number of rotatable bonds is 6. The molecule has 1 amide bonds. The third-order valence-corrected chi connectivity index (χ3v) is 3.26. The molecule has 98 valence electrons. The summed E-state index contributed by atoms with van der Waals surface area (Å²) in [5.41, 5.74) is 12.9. The van der Waals surface area contributed by atoms with Gasteiger partial charge in [-0.3, -0.25) is 4.79 Å². The van der Waals surface area contributed by atoms with Gasteiger partial charge in [0, 0.05) is 30.5 Å². The highest BCUT2D eigenvalue weighted by Crippen LogP contribution is 2.25. The van der Waals surface area contributed by atoms with E-state index in [-0.39, 0.29) is 0 Å². The van der Waals surface area contributed by atoms with Gasteiger partial charge < -0.3 is 21.7 Å². The maximum absolute atomic E-state index is 11.3. The number of primary amides is 1. The van der Waals surface area contributed by atoms with Crippen molar-refractivity contribution in [1.82, 2.24) is 4.90 Å². The highest BCUT2D eigenvalue weighted by molar-refractivity contribution is 5.99. The number of benzene rings is 1. The van der Waals surface area contributed by atoms with Crippen LogP contribution in [0.5, 0.6) is 0 Å². The van der Waals surface area contributed by atoms with E-state index in [0.29, 0.717) is 16.9 Å². The first kappa shape index (κ1) is 12.7. The lowest BCUT2D eigenvalue weighted by Crippen LogP contribution is -2.27. The van der Waals surface area contributed by atoms with Gasteiger partial charge in [-0.05, 0) is 38.1 Å². The molecule has 1 saturated carbocycles. The third-order valence-electron chi connectivity index (χ3n) is 3.26.